The first-order chi connectivity index (χ1) is 25.7. The van der Waals surface area contributed by atoms with Crippen LogP contribution in [0.5, 0.6) is 0 Å². The molecule has 1 heterocycles. The fourth-order valence-corrected chi connectivity index (χ4v) is 17.6. The van der Waals surface area contributed by atoms with Crippen LogP contribution in [0.1, 0.15) is 105 Å². The van der Waals surface area contributed by atoms with Crippen molar-refractivity contribution in [2.45, 2.75) is 67.1 Å². The summed E-state index contributed by atoms with van der Waals surface area (Å²) < 4.78 is 0. The maximum Gasteiger partial charge on any atom is 0.0470 e. The highest BCUT2D eigenvalue weighted by molar-refractivity contribution is 7.10. The Labute approximate surface area is 303 Å². The molecule has 1 saturated carbocycles. The Balaban J connectivity index is 1.23. The molecule has 0 saturated heterocycles. The zero-order valence-electron chi connectivity index (χ0n) is 28.6. The van der Waals surface area contributed by atoms with Crippen LogP contribution in [0.2, 0.25) is 0 Å². The van der Waals surface area contributed by atoms with Crippen molar-refractivity contribution in [3.8, 4) is 33.4 Å². The number of benzene rings is 7. The zero-order valence-corrected chi connectivity index (χ0v) is 29.4. The van der Waals surface area contributed by atoms with Crippen molar-refractivity contribution >= 4 is 71.6 Å². The highest BCUT2D eigenvalue weighted by atomic mass is 32.1. The number of hydrogen-bond acceptors (Lipinski definition) is 1. The highest BCUT2D eigenvalue weighted by Gasteiger charge is 2.85. The number of rotatable bonds is 4. The van der Waals surface area contributed by atoms with Crippen LogP contribution in [-0.4, -0.2) is 0 Å². The van der Waals surface area contributed by atoms with E-state index in [2.05, 4.69) is 96.5 Å². The van der Waals surface area contributed by atoms with Crippen molar-refractivity contribution in [3.05, 3.63) is 133 Å². The molecule has 0 amide bonds. The minimum atomic E-state index is -0.0910. The van der Waals surface area contributed by atoms with Gasteiger partial charge in [-0.25, -0.2) is 0 Å². The molecule has 5 unspecified atom stereocenters. The molecule has 8 aromatic rings. The molecule has 0 bridgehead atoms. The standard InChI is InChI=1S/C51H28S/c1-2-3-14-49(30-5-4-15-52-30)19-50-47-41-35-24-8-6-20-16-22-18-23-17-21-7-9-25-27-11-13-29-28-12-10-26(24)37(41)45(28)51(49,50)46(29)38(27)42-36(25)32(21)40-34(23)33(22)39(31(20)35)43(47)44(40)48(42)50/h4-13,15-17,24,35H,2-3,14,18-19H2,1H3. The summed E-state index contributed by atoms with van der Waals surface area (Å²) in [6.45, 7) is 2.42. The van der Waals surface area contributed by atoms with Crippen molar-refractivity contribution in [3.63, 3.8) is 0 Å². The lowest BCUT2D eigenvalue weighted by molar-refractivity contribution is 0.0194. The van der Waals surface area contributed by atoms with E-state index in [1.807, 2.05) is 5.57 Å². The Morgan fingerprint density at radius 3 is 2.48 bits per heavy atom. The second kappa shape index (κ2) is 6.58. The lowest BCUT2D eigenvalue weighted by Crippen LogP contribution is -2.74. The maximum atomic E-state index is 2.64. The van der Waals surface area contributed by atoms with Crippen LogP contribution in [0.25, 0.3) is 93.7 Å². The van der Waals surface area contributed by atoms with Gasteiger partial charge in [-0.1, -0.05) is 86.5 Å². The molecule has 10 aliphatic rings. The average molecular weight is 673 g/mol. The van der Waals surface area contributed by atoms with E-state index >= 15 is 0 Å². The Kier molecular flexibility index (Phi) is 3.08. The Hall–Kier alpha value is -4.98. The van der Waals surface area contributed by atoms with Gasteiger partial charge in [0.25, 0.3) is 0 Å². The molecule has 0 aliphatic heterocycles. The molecule has 1 fully saturated rings. The monoisotopic (exact) mass is 672 g/mol. The molecule has 0 radical (unpaired) electrons. The van der Waals surface area contributed by atoms with Gasteiger partial charge in [-0.3, -0.25) is 0 Å². The summed E-state index contributed by atoms with van der Waals surface area (Å²) in [6, 6.07) is 25.6. The van der Waals surface area contributed by atoms with Gasteiger partial charge in [-0.05, 0) is 174 Å². The van der Waals surface area contributed by atoms with E-state index in [-0.39, 0.29) is 16.2 Å². The van der Waals surface area contributed by atoms with E-state index in [0.717, 1.165) is 6.42 Å². The molecule has 10 aliphatic carbocycles. The zero-order chi connectivity index (χ0) is 32.7. The number of unbranched alkanes of at least 4 members (excludes halogenated alkanes) is 1. The lowest BCUT2D eigenvalue weighted by atomic mass is 9.26. The summed E-state index contributed by atoms with van der Waals surface area (Å²) in [6.07, 6.45) is 11.3. The third-order valence-corrected chi connectivity index (χ3v) is 18.4. The second-order valence-electron chi connectivity index (χ2n) is 18.3. The molecule has 18 rings (SSSR count). The van der Waals surface area contributed by atoms with Gasteiger partial charge >= 0.3 is 0 Å². The van der Waals surface area contributed by atoms with E-state index in [0.29, 0.717) is 11.8 Å². The smallest absolute Gasteiger partial charge is 0.0470 e. The number of allylic oxidation sites excluding steroid dienone is 3. The van der Waals surface area contributed by atoms with Gasteiger partial charge in [-0.2, -0.15) is 0 Å². The predicted molar refractivity (Wildman–Crippen MR) is 214 cm³/mol. The molecule has 7 aromatic carbocycles. The van der Waals surface area contributed by atoms with Crippen LogP contribution >= 0.6 is 11.3 Å². The normalized spacial score (nSPS) is 29.4. The van der Waals surface area contributed by atoms with E-state index in [4.69, 9.17) is 0 Å². The largest absolute Gasteiger partial charge is 0.148 e. The van der Waals surface area contributed by atoms with Gasteiger partial charge in [0.15, 0.2) is 0 Å². The van der Waals surface area contributed by atoms with Crippen molar-refractivity contribution in [1.29, 1.82) is 0 Å². The summed E-state index contributed by atoms with van der Waals surface area (Å²) in [5.41, 5.74) is 29.6. The third kappa shape index (κ3) is 1.72. The fraction of sp³-hybridized carbons (Fsp3) is 0.216. The van der Waals surface area contributed by atoms with Crippen LogP contribution in [0.15, 0.2) is 72.1 Å². The van der Waals surface area contributed by atoms with Gasteiger partial charge < -0.3 is 0 Å². The Morgan fingerprint density at radius 1 is 0.731 bits per heavy atom. The number of fused-ring (bicyclic) bond motifs is 3. The topological polar surface area (TPSA) is 0 Å². The first kappa shape index (κ1) is 24.3. The van der Waals surface area contributed by atoms with E-state index < -0.39 is 0 Å². The molecular weight excluding hydrogens is 645 g/mol. The van der Waals surface area contributed by atoms with Crippen LogP contribution in [0.4, 0.5) is 0 Å². The summed E-state index contributed by atoms with van der Waals surface area (Å²) in [4.78, 5) is 1.65. The Bertz CT molecular complexity index is 3450. The molecule has 1 aromatic heterocycles. The number of thiophene rings is 1. The van der Waals surface area contributed by atoms with Crippen LogP contribution in [0, 0.1) is 0 Å². The summed E-state index contributed by atoms with van der Waals surface area (Å²) in [5.74, 6) is 0.856. The van der Waals surface area contributed by atoms with Crippen LogP contribution in [-0.2, 0) is 22.7 Å². The average Bonchev–Trinajstić information content (AvgIpc) is 4.00. The van der Waals surface area contributed by atoms with Gasteiger partial charge in [0.1, 0.15) is 0 Å². The predicted octanol–water partition coefficient (Wildman–Crippen LogP) is 12.9. The summed E-state index contributed by atoms with van der Waals surface area (Å²) >= 11 is 2.06. The summed E-state index contributed by atoms with van der Waals surface area (Å²) in [5, 5.41) is 15.3. The molecule has 1 heteroatoms. The molecule has 5 atom stereocenters. The third-order valence-electron chi connectivity index (χ3n) is 17.4. The van der Waals surface area contributed by atoms with Crippen molar-refractivity contribution < 1.29 is 0 Å². The van der Waals surface area contributed by atoms with Crippen LogP contribution < -0.4 is 0 Å². The quantitative estimate of drug-likeness (QED) is 0.129. The van der Waals surface area contributed by atoms with Crippen molar-refractivity contribution in [2.24, 2.45) is 0 Å². The Morgan fingerprint density at radius 2 is 1.58 bits per heavy atom. The molecular formula is C51H28S. The maximum absolute atomic E-state index is 2.64. The molecule has 0 N–H and O–H groups in total. The fourth-order valence-electron chi connectivity index (χ4n) is 16.6. The first-order valence-electron chi connectivity index (χ1n) is 19.9. The SMILES string of the molecule is CCCCC1(c2cccs2)CC23C4=C5c6c7ccc8c6C12c1c-8ccc2c1-c1c3c3c4c4c6c(cc8c4c4c(cc9ccc-2c1c9c34)C8)C=CC7C56. The molecule has 238 valence electrons. The van der Waals surface area contributed by atoms with Crippen molar-refractivity contribution in [1.82, 2.24) is 0 Å². The van der Waals surface area contributed by atoms with Crippen molar-refractivity contribution in [2.75, 3.05) is 0 Å². The molecule has 2 spiro atoms. The minimum Gasteiger partial charge on any atom is -0.148 e. The van der Waals surface area contributed by atoms with Crippen LogP contribution in [0.3, 0.4) is 0 Å². The molecule has 0 nitrogen and oxygen atoms in total. The van der Waals surface area contributed by atoms with E-state index in [1.165, 1.54) is 47.8 Å². The highest BCUT2D eigenvalue weighted by Crippen LogP contribution is 2.91. The number of hydrogen-bond donors (Lipinski definition) is 0. The molecule has 52 heavy (non-hydrogen) atoms. The van der Waals surface area contributed by atoms with E-state index in [1.54, 1.807) is 120 Å². The van der Waals surface area contributed by atoms with Gasteiger partial charge in [-0.15, -0.1) is 11.3 Å². The van der Waals surface area contributed by atoms with Gasteiger partial charge in [0.2, 0.25) is 0 Å². The van der Waals surface area contributed by atoms with Gasteiger partial charge in [0, 0.05) is 33.0 Å². The lowest BCUT2D eigenvalue weighted by Gasteiger charge is -2.74. The first-order valence-corrected chi connectivity index (χ1v) is 20.8. The van der Waals surface area contributed by atoms with Gasteiger partial charge in [0.05, 0.1) is 0 Å². The minimum absolute atomic E-state index is 0.0310. The second-order valence-corrected chi connectivity index (χ2v) is 19.3. The van der Waals surface area contributed by atoms with E-state index in [9.17, 15) is 0 Å². The summed E-state index contributed by atoms with van der Waals surface area (Å²) in [7, 11) is 0.